The van der Waals surface area contributed by atoms with Crippen LogP contribution in [0.3, 0.4) is 0 Å². The highest BCUT2D eigenvalue weighted by Crippen LogP contribution is 2.36. The van der Waals surface area contributed by atoms with E-state index in [1.165, 1.54) is 6.07 Å². The third kappa shape index (κ3) is 3.20. The summed E-state index contributed by atoms with van der Waals surface area (Å²) in [5.74, 6) is -3.43. The summed E-state index contributed by atoms with van der Waals surface area (Å²) in [5.41, 5.74) is -0.351. The molecule has 0 aliphatic heterocycles. The van der Waals surface area contributed by atoms with Gasteiger partial charge in [0, 0.05) is 5.02 Å². The largest absolute Gasteiger partial charge is 0.504 e. The van der Waals surface area contributed by atoms with Crippen molar-refractivity contribution in [3.63, 3.8) is 0 Å². The standard InChI is InChI=1S/C12H7Cl2F2NO3S/c13-6-4-7(14)12(18)9(5-6)17-21(19,20)10-3-1-2-8(15)11(10)16/h1-5,17-18H. The summed E-state index contributed by atoms with van der Waals surface area (Å²) in [6, 6.07) is 4.97. The van der Waals surface area contributed by atoms with Crippen LogP contribution in [0.15, 0.2) is 35.2 Å². The molecule has 0 unspecified atom stereocenters. The lowest BCUT2D eigenvalue weighted by atomic mass is 10.3. The fourth-order valence-corrected chi connectivity index (χ4v) is 3.17. The van der Waals surface area contributed by atoms with Gasteiger partial charge in [0.25, 0.3) is 10.0 Å². The monoisotopic (exact) mass is 353 g/mol. The lowest BCUT2D eigenvalue weighted by molar-refractivity contribution is 0.477. The predicted molar refractivity (Wildman–Crippen MR) is 75.3 cm³/mol. The second-order valence-corrected chi connectivity index (χ2v) is 6.44. The molecule has 2 N–H and O–H groups in total. The molecule has 0 heterocycles. The van der Waals surface area contributed by atoms with E-state index < -0.39 is 32.3 Å². The predicted octanol–water partition coefficient (Wildman–Crippen LogP) is 3.78. The van der Waals surface area contributed by atoms with Gasteiger partial charge in [0.1, 0.15) is 4.90 Å². The first-order chi connectivity index (χ1) is 9.72. The first-order valence-electron chi connectivity index (χ1n) is 5.37. The van der Waals surface area contributed by atoms with Crippen LogP contribution in [0.4, 0.5) is 14.5 Å². The summed E-state index contributed by atoms with van der Waals surface area (Å²) in [6.45, 7) is 0. The molecular weight excluding hydrogens is 347 g/mol. The van der Waals surface area contributed by atoms with Crippen LogP contribution >= 0.6 is 23.2 Å². The number of rotatable bonds is 3. The third-order valence-corrected chi connectivity index (χ3v) is 4.37. The van der Waals surface area contributed by atoms with Crippen LogP contribution in [-0.2, 0) is 10.0 Å². The number of anilines is 1. The molecule has 4 nitrogen and oxygen atoms in total. The molecule has 112 valence electrons. The topological polar surface area (TPSA) is 66.4 Å². The molecule has 2 aromatic rings. The molecule has 2 rings (SSSR count). The van der Waals surface area contributed by atoms with Crippen molar-refractivity contribution in [3.8, 4) is 5.75 Å². The van der Waals surface area contributed by atoms with Crippen molar-refractivity contribution in [2.24, 2.45) is 0 Å². The smallest absolute Gasteiger partial charge is 0.265 e. The van der Waals surface area contributed by atoms with Crippen molar-refractivity contribution < 1.29 is 22.3 Å². The van der Waals surface area contributed by atoms with Crippen molar-refractivity contribution in [2.75, 3.05) is 4.72 Å². The first-order valence-corrected chi connectivity index (χ1v) is 7.61. The zero-order valence-electron chi connectivity index (χ0n) is 10.1. The molecule has 21 heavy (non-hydrogen) atoms. The average molecular weight is 354 g/mol. The molecular formula is C12H7Cl2F2NO3S. The summed E-state index contributed by atoms with van der Waals surface area (Å²) in [5, 5.41) is 9.53. The number of aromatic hydroxyl groups is 1. The van der Waals surface area contributed by atoms with Crippen LogP contribution in [0.1, 0.15) is 0 Å². The molecule has 0 bridgehead atoms. The number of hydrogen-bond donors (Lipinski definition) is 2. The number of halogens is 4. The quantitative estimate of drug-likeness (QED) is 0.825. The van der Waals surface area contributed by atoms with Gasteiger partial charge in [0.05, 0.1) is 10.7 Å². The van der Waals surface area contributed by atoms with Gasteiger partial charge >= 0.3 is 0 Å². The summed E-state index contributed by atoms with van der Waals surface area (Å²) >= 11 is 11.3. The highest BCUT2D eigenvalue weighted by Gasteiger charge is 2.23. The van der Waals surface area contributed by atoms with E-state index in [0.717, 1.165) is 24.3 Å². The van der Waals surface area contributed by atoms with Crippen molar-refractivity contribution in [1.29, 1.82) is 0 Å². The van der Waals surface area contributed by atoms with Crippen molar-refractivity contribution in [2.45, 2.75) is 4.90 Å². The number of nitrogens with one attached hydrogen (secondary N) is 1. The Morgan fingerprint density at radius 1 is 1.14 bits per heavy atom. The maximum Gasteiger partial charge on any atom is 0.265 e. The second-order valence-electron chi connectivity index (χ2n) is 3.94. The van der Waals surface area contributed by atoms with Gasteiger partial charge in [-0.2, -0.15) is 0 Å². The summed E-state index contributed by atoms with van der Waals surface area (Å²) in [6.07, 6.45) is 0. The summed E-state index contributed by atoms with van der Waals surface area (Å²) in [4.78, 5) is -0.905. The number of sulfonamides is 1. The van der Waals surface area contributed by atoms with Crippen LogP contribution in [0.5, 0.6) is 5.75 Å². The molecule has 0 fully saturated rings. The molecule has 0 saturated heterocycles. The molecule has 2 aromatic carbocycles. The van der Waals surface area contributed by atoms with E-state index in [2.05, 4.69) is 0 Å². The SMILES string of the molecule is O=S(=O)(Nc1cc(Cl)cc(Cl)c1O)c1cccc(F)c1F. The van der Waals surface area contributed by atoms with Gasteiger partial charge in [-0.15, -0.1) is 0 Å². The van der Waals surface area contributed by atoms with Crippen LogP contribution in [0.25, 0.3) is 0 Å². The van der Waals surface area contributed by atoms with E-state index in [0.29, 0.717) is 0 Å². The molecule has 0 aliphatic carbocycles. The zero-order chi connectivity index (χ0) is 15.8. The Morgan fingerprint density at radius 2 is 1.81 bits per heavy atom. The van der Waals surface area contributed by atoms with Crippen LogP contribution < -0.4 is 4.72 Å². The van der Waals surface area contributed by atoms with Gasteiger partial charge in [-0.25, -0.2) is 17.2 Å². The summed E-state index contributed by atoms with van der Waals surface area (Å²) < 4.78 is 52.6. The Bertz CT molecular complexity index is 812. The molecule has 0 aliphatic rings. The molecule has 0 amide bonds. The minimum Gasteiger partial charge on any atom is -0.504 e. The van der Waals surface area contributed by atoms with E-state index in [4.69, 9.17) is 23.2 Å². The Balaban J connectivity index is 2.50. The van der Waals surface area contributed by atoms with Gasteiger partial charge in [-0.1, -0.05) is 29.3 Å². The molecule has 0 radical (unpaired) electrons. The average Bonchev–Trinajstić information content (AvgIpc) is 2.38. The molecule has 0 saturated carbocycles. The van der Waals surface area contributed by atoms with Gasteiger partial charge in [0.2, 0.25) is 0 Å². The Kier molecular flexibility index (Phi) is 4.27. The molecule has 9 heteroatoms. The van der Waals surface area contributed by atoms with Gasteiger partial charge < -0.3 is 5.11 Å². The fraction of sp³-hybridized carbons (Fsp3) is 0. The highest BCUT2D eigenvalue weighted by molar-refractivity contribution is 7.92. The zero-order valence-corrected chi connectivity index (χ0v) is 12.4. The van der Waals surface area contributed by atoms with Gasteiger partial charge in [0.15, 0.2) is 17.4 Å². The van der Waals surface area contributed by atoms with Crippen molar-refractivity contribution in [1.82, 2.24) is 0 Å². The van der Waals surface area contributed by atoms with Crippen molar-refractivity contribution >= 4 is 38.9 Å². The van der Waals surface area contributed by atoms with Crippen LogP contribution in [-0.4, -0.2) is 13.5 Å². The van der Waals surface area contributed by atoms with Gasteiger partial charge in [-0.05, 0) is 24.3 Å². The number of benzene rings is 2. The van der Waals surface area contributed by atoms with Crippen LogP contribution in [0, 0.1) is 11.6 Å². The molecule has 0 aromatic heterocycles. The lowest BCUT2D eigenvalue weighted by Gasteiger charge is -2.11. The highest BCUT2D eigenvalue weighted by atomic mass is 35.5. The van der Waals surface area contributed by atoms with Crippen molar-refractivity contribution in [3.05, 3.63) is 52.0 Å². The third-order valence-electron chi connectivity index (χ3n) is 2.48. The Hall–Kier alpha value is -1.57. The second kappa shape index (κ2) is 5.67. The normalized spacial score (nSPS) is 11.4. The van der Waals surface area contributed by atoms with E-state index in [9.17, 15) is 22.3 Å². The van der Waals surface area contributed by atoms with E-state index in [1.807, 2.05) is 4.72 Å². The maximum atomic E-state index is 13.6. The molecule has 0 atom stereocenters. The van der Waals surface area contributed by atoms with E-state index in [-0.39, 0.29) is 15.7 Å². The number of phenols is 1. The van der Waals surface area contributed by atoms with E-state index >= 15 is 0 Å². The fourth-order valence-electron chi connectivity index (χ4n) is 1.54. The lowest BCUT2D eigenvalue weighted by Crippen LogP contribution is -2.15. The minimum absolute atomic E-state index is 0.0511. The summed E-state index contributed by atoms with van der Waals surface area (Å²) in [7, 11) is -4.46. The van der Waals surface area contributed by atoms with Gasteiger partial charge in [-0.3, -0.25) is 4.72 Å². The Labute approximate surface area is 129 Å². The Morgan fingerprint density at radius 3 is 2.48 bits per heavy atom. The van der Waals surface area contributed by atoms with Crippen LogP contribution in [0.2, 0.25) is 10.0 Å². The number of phenolic OH excluding ortho intramolecular Hbond substituents is 1. The molecule has 0 spiro atoms. The minimum atomic E-state index is -4.46. The number of hydrogen-bond acceptors (Lipinski definition) is 3. The first kappa shape index (κ1) is 15.8. The maximum absolute atomic E-state index is 13.6. The van der Waals surface area contributed by atoms with E-state index in [1.54, 1.807) is 0 Å².